The van der Waals surface area contributed by atoms with E-state index in [1.165, 1.54) is 12.5 Å². The van der Waals surface area contributed by atoms with E-state index in [2.05, 4.69) is 5.32 Å². The second-order valence-electron chi connectivity index (χ2n) is 5.08. The largest absolute Gasteiger partial charge is 0.343 e. The van der Waals surface area contributed by atoms with Crippen molar-refractivity contribution in [3.8, 4) is 0 Å². The number of nitrogens with zero attached hydrogens (tertiary/aromatic N) is 1. The highest BCUT2D eigenvalue weighted by Crippen LogP contribution is 2.19. The van der Waals surface area contributed by atoms with Crippen LogP contribution in [0.25, 0.3) is 0 Å². The molecule has 1 N–H and O–H groups in total. The van der Waals surface area contributed by atoms with Gasteiger partial charge >= 0.3 is 0 Å². The third-order valence-electron chi connectivity index (χ3n) is 3.57. The summed E-state index contributed by atoms with van der Waals surface area (Å²) in [6.45, 7) is 2.83. The molecular weight excluding hydrogens is 279 g/mol. The molecule has 0 saturated carbocycles. The van der Waals surface area contributed by atoms with Crippen LogP contribution in [0, 0.1) is 5.82 Å². The Bertz CT molecular complexity index is 461. The Morgan fingerprint density at radius 1 is 1.30 bits per heavy atom. The molecule has 1 aliphatic rings. The number of hydrogen-bond acceptors (Lipinski definition) is 2. The second-order valence-corrected chi connectivity index (χ2v) is 5.46. The predicted molar refractivity (Wildman–Crippen MR) is 78.2 cm³/mol. The van der Waals surface area contributed by atoms with E-state index < -0.39 is 5.82 Å². The summed E-state index contributed by atoms with van der Waals surface area (Å²) in [6, 6.07) is 4.76. The molecule has 1 fully saturated rings. The fraction of sp³-hybridized carbons (Fsp3) is 0.533. The Morgan fingerprint density at radius 2 is 2.05 bits per heavy atom. The van der Waals surface area contributed by atoms with Crippen LogP contribution >= 0.6 is 11.6 Å². The number of hydrogen-bond donors (Lipinski definition) is 1. The van der Waals surface area contributed by atoms with Crippen LogP contribution in [0.15, 0.2) is 18.2 Å². The van der Waals surface area contributed by atoms with Gasteiger partial charge in [0.25, 0.3) is 0 Å². The van der Waals surface area contributed by atoms with Crippen molar-refractivity contribution in [1.82, 2.24) is 10.2 Å². The third-order valence-corrected chi connectivity index (χ3v) is 3.99. The van der Waals surface area contributed by atoms with Gasteiger partial charge in [0.1, 0.15) is 5.82 Å². The summed E-state index contributed by atoms with van der Waals surface area (Å²) < 4.78 is 13.2. The molecule has 0 atom stereocenters. The van der Waals surface area contributed by atoms with Crippen LogP contribution in [0.2, 0.25) is 5.02 Å². The molecule has 3 nitrogen and oxygen atoms in total. The molecule has 0 aliphatic carbocycles. The maximum absolute atomic E-state index is 13.2. The Hall–Kier alpha value is -1.13. The number of piperidine rings is 1. The molecule has 1 amide bonds. The molecule has 0 spiro atoms. The van der Waals surface area contributed by atoms with E-state index in [-0.39, 0.29) is 10.9 Å². The summed E-state index contributed by atoms with van der Waals surface area (Å²) in [5.74, 6) is -0.210. The van der Waals surface area contributed by atoms with Crippen molar-refractivity contribution in [2.75, 3.05) is 19.6 Å². The standard InChI is InChI=1S/C15H20ClFN2O/c16-15-12(5-4-6-13(15)17)11-18-8-7-14(20)19-9-2-1-3-10-19/h4-6,18H,1-3,7-11H2. The quantitative estimate of drug-likeness (QED) is 0.848. The zero-order valence-corrected chi connectivity index (χ0v) is 12.3. The number of carbonyl (C=O) groups is 1. The third kappa shape index (κ3) is 4.18. The lowest BCUT2D eigenvalue weighted by atomic mass is 10.1. The van der Waals surface area contributed by atoms with E-state index in [4.69, 9.17) is 11.6 Å². The average Bonchev–Trinajstić information content (AvgIpc) is 2.48. The first kappa shape index (κ1) is 15.3. The first-order valence-corrected chi connectivity index (χ1v) is 7.47. The van der Waals surface area contributed by atoms with Gasteiger partial charge < -0.3 is 10.2 Å². The number of halogens is 2. The molecule has 1 aromatic carbocycles. The first-order valence-electron chi connectivity index (χ1n) is 7.10. The highest BCUT2D eigenvalue weighted by atomic mass is 35.5. The lowest BCUT2D eigenvalue weighted by Crippen LogP contribution is -2.37. The maximum atomic E-state index is 13.2. The zero-order valence-electron chi connectivity index (χ0n) is 11.5. The molecule has 2 rings (SSSR count). The Labute approximate surface area is 124 Å². The summed E-state index contributed by atoms with van der Waals surface area (Å²) in [4.78, 5) is 13.9. The first-order chi connectivity index (χ1) is 9.68. The van der Waals surface area contributed by atoms with E-state index in [1.807, 2.05) is 4.90 Å². The van der Waals surface area contributed by atoms with Crippen LogP contribution in [0.3, 0.4) is 0 Å². The van der Waals surface area contributed by atoms with Crippen molar-refractivity contribution in [3.05, 3.63) is 34.6 Å². The van der Waals surface area contributed by atoms with E-state index in [1.54, 1.807) is 12.1 Å². The molecule has 1 saturated heterocycles. The van der Waals surface area contributed by atoms with Gasteiger partial charge in [0.2, 0.25) is 5.91 Å². The van der Waals surface area contributed by atoms with Crippen molar-refractivity contribution in [2.45, 2.75) is 32.2 Å². The molecule has 1 aliphatic heterocycles. The van der Waals surface area contributed by atoms with Crippen molar-refractivity contribution in [2.24, 2.45) is 0 Å². The summed E-state index contributed by atoms with van der Waals surface area (Å²) in [5, 5.41) is 3.30. The molecule has 0 bridgehead atoms. The van der Waals surface area contributed by atoms with Gasteiger partial charge in [-0.1, -0.05) is 23.7 Å². The minimum Gasteiger partial charge on any atom is -0.343 e. The lowest BCUT2D eigenvalue weighted by Gasteiger charge is -2.26. The van der Waals surface area contributed by atoms with Crippen LogP contribution in [0.1, 0.15) is 31.2 Å². The van der Waals surface area contributed by atoms with Crippen LogP contribution < -0.4 is 5.32 Å². The SMILES string of the molecule is O=C(CCNCc1cccc(F)c1Cl)N1CCCCC1. The second kappa shape index (κ2) is 7.60. The van der Waals surface area contributed by atoms with Crippen molar-refractivity contribution in [1.29, 1.82) is 0 Å². The van der Waals surface area contributed by atoms with Gasteiger partial charge in [-0.15, -0.1) is 0 Å². The summed E-state index contributed by atoms with van der Waals surface area (Å²) in [7, 11) is 0. The normalized spacial score (nSPS) is 15.4. The highest BCUT2D eigenvalue weighted by molar-refractivity contribution is 6.31. The zero-order chi connectivity index (χ0) is 14.4. The van der Waals surface area contributed by atoms with Crippen molar-refractivity contribution in [3.63, 3.8) is 0 Å². The fourth-order valence-corrected chi connectivity index (χ4v) is 2.60. The van der Waals surface area contributed by atoms with Crippen LogP contribution in [-0.2, 0) is 11.3 Å². The number of nitrogens with one attached hydrogen (secondary N) is 1. The smallest absolute Gasteiger partial charge is 0.223 e. The van der Waals surface area contributed by atoms with Crippen LogP contribution in [0.5, 0.6) is 0 Å². The monoisotopic (exact) mass is 298 g/mol. The molecule has 0 aromatic heterocycles. The fourth-order valence-electron chi connectivity index (χ4n) is 2.40. The van der Waals surface area contributed by atoms with E-state index >= 15 is 0 Å². The molecule has 5 heteroatoms. The summed E-state index contributed by atoms with van der Waals surface area (Å²) in [6.07, 6.45) is 3.92. The number of benzene rings is 1. The van der Waals surface area contributed by atoms with Crippen LogP contribution in [0.4, 0.5) is 4.39 Å². The van der Waals surface area contributed by atoms with Gasteiger partial charge in [0.15, 0.2) is 0 Å². The van der Waals surface area contributed by atoms with E-state index in [0.29, 0.717) is 19.5 Å². The molecule has 110 valence electrons. The number of likely N-dealkylation sites (tertiary alicyclic amines) is 1. The lowest BCUT2D eigenvalue weighted by molar-refractivity contribution is -0.131. The van der Waals surface area contributed by atoms with Gasteiger partial charge in [0.05, 0.1) is 5.02 Å². The van der Waals surface area contributed by atoms with Gasteiger partial charge in [-0.05, 0) is 30.9 Å². The molecule has 1 aromatic rings. The summed E-state index contributed by atoms with van der Waals surface area (Å²) in [5.41, 5.74) is 0.720. The number of carbonyl (C=O) groups excluding carboxylic acids is 1. The summed E-state index contributed by atoms with van der Waals surface area (Å²) >= 11 is 5.87. The Balaban J connectivity index is 1.70. The molecule has 0 unspecified atom stereocenters. The van der Waals surface area contributed by atoms with Crippen molar-refractivity contribution < 1.29 is 9.18 Å². The number of amides is 1. The predicted octanol–water partition coefficient (Wildman–Crippen LogP) is 2.97. The molecule has 0 radical (unpaired) electrons. The topological polar surface area (TPSA) is 32.3 Å². The minimum atomic E-state index is -0.407. The van der Waals surface area contributed by atoms with Gasteiger partial charge in [-0.25, -0.2) is 4.39 Å². The van der Waals surface area contributed by atoms with E-state index in [9.17, 15) is 9.18 Å². The van der Waals surface area contributed by atoms with Gasteiger partial charge in [-0.2, -0.15) is 0 Å². The Morgan fingerprint density at radius 3 is 2.80 bits per heavy atom. The van der Waals surface area contributed by atoms with Gasteiger partial charge in [0, 0.05) is 32.6 Å². The van der Waals surface area contributed by atoms with Gasteiger partial charge in [-0.3, -0.25) is 4.79 Å². The highest BCUT2D eigenvalue weighted by Gasteiger charge is 2.15. The van der Waals surface area contributed by atoms with E-state index in [0.717, 1.165) is 31.5 Å². The Kier molecular flexibility index (Phi) is 5.80. The van der Waals surface area contributed by atoms with Crippen molar-refractivity contribution >= 4 is 17.5 Å². The average molecular weight is 299 g/mol. The number of rotatable bonds is 5. The molecule has 20 heavy (non-hydrogen) atoms. The molecular formula is C15H20ClFN2O. The molecule has 1 heterocycles. The maximum Gasteiger partial charge on any atom is 0.223 e. The van der Waals surface area contributed by atoms with Crippen LogP contribution in [-0.4, -0.2) is 30.4 Å². The minimum absolute atomic E-state index is 0.155.